The minimum absolute atomic E-state index is 0.643. The van der Waals surface area contributed by atoms with Crippen molar-refractivity contribution < 1.29 is 0 Å². The van der Waals surface area contributed by atoms with Crippen molar-refractivity contribution in [3.8, 4) is 0 Å². The second kappa shape index (κ2) is 5.50. The predicted molar refractivity (Wildman–Crippen MR) is 76.6 cm³/mol. The zero-order valence-corrected chi connectivity index (χ0v) is 12.2. The molecule has 0 amide bonds. The first-order valence-electron chi connectivity index (χ1n) is 8.16. The summed E-state index contributed by atoms with van der Waals surface area (Å²) in [5, 5.41) is 3.60. The van der Waals surface area contributed by atoms with E-state index >= 15 is 0 Å². The monoisotopic (exact) mass is 250 g/mol. The fourth-order valence-corrected chi connectivity index (χ4v) is 4.58. The van der Waals surface area contributed by atoms with E-state index in [0.717, 1.165) is 23.7 Å². The Balaban J connectivity index is 1.40. The van der Waals surface area contributed by atoms with Gasteiger partial charge in [-0.15, -0.1) is 0 Å². The van der Waals surface area contributed by atoms with E-state index in [4.69, 9.17) is 0 Å². The summed E-state index contributed by atoms with van der Waals surface area (Å²) >= 11 is 0. The van der Waals surface area contributed by atoms with Crippen molar-refractivity contribution in [2.45, 2.75) is 52.0 Å². The van der Waals surface area contributed by atoms with Gasteiger partial charge in [0.2, 0.25) is 0 Å². The zero-order valence-electron chi connectivity index (χ0n) is 12.2. The molecule has 0 aromatic rings. The Morgan fingerprint density at radius 2 is 2.06 bits per heavy atom. The van der Waals surface area contributed by atoms with Gasteiger partial charge < -0.3 is 10.2 Å². The van der Waals surface area contributed by atoms with Crippen LogP contribution in [0.15, 0.2) is 0 Å². The Bertz CT molecular complexity index is 276. The Hall–Kier alpha value is -0.0800. The fraction of sp³-hybridized carbons (Fsp3) is 1.00. The Morgan fingerprint density at radius 1 is 1.17 bits per heavy atom. The fourth-order valence-electron chi connectivity index (χ4n) is 4.58. The van der Waals surface area contributed by atoms with E-state index in [-0.39, 0.29) is 0 Å². The molecule has 1 aliphatic heterocycles. The molecule has 0 radical (unpaired) electrons. The van der Waals surface area contributed by atoms with Gasteiger partial charge in [0.1, 0.15) is 0 Å². The predicted octanol–water partition coefficient (Wildman–Crippen LogP) is 2.74. The molecule has 0 spiro atoms. The summed E-state index contributed by atoms with van der Waals surface area (Å²) < 4.78 is 0. The molecule has 0 aromatic heterocycles. The third kappa shape index (κ3) is 2.91. The SMILES string of the molecule is CC(C)NCC1CCN(CC2CC3CCC2C3)C1. The van der Waals surface area contributed by atoms with Crippen molar-refractivity contribution in [3.63, 3.8) is 0 Å². The number of likely N-dealkylation sites (tertiary alicyclic amines) is 1. The molecule has 0 aromatic carbocycles. The summed E-state index contributed by atoms with van der Waals surface area (Å²) in [5.74, 6) is 4.18. The van der Waals surface area contributed by atoms with Crippen molar-refractivity contribution in [2.24, 2.45) is 23.7 Å². The third-order valence-corrected chi connectivity index (χ3v) is 5.56. The van der Waals surface area contributed by atoms with Crippen LogP contribution in [0.5, 0.6) is 0 Å². The molecule has 1 N–H and O–H groups in total. The molecule has 2 heteroatoms. The van der Waals surface area contributed by atoms with Gasteiger partial charge in [-0.05, 0) is 62.4 Å². The summed E-state index contributed by atoms with van der Waals surface area (Å²) in [5.41, 5.74) is 0. The van der Waals surface area contributed by atoms with E-state index < -0.39 is 0 Å². The molecule has 4 unspecified atom stereocenters. The first kappa shape index (κ1) is 12.9. The number of rotatable bonds is 5. The second-order valence-corrected chi connectivity index (χ2v) is 7.41. The number of fused-ring (bicyclic) bond motifs is 2. The average molecular weight is 250 g/mol. The van der Waals surface area contributed by atoms with Crippen LogP contribution < -0.4 is 5.32 Å². The molecule has 3 aliphatic rings. The lowest BCUT2D eigenvalue weighted by Gasteiger charge is -2.27. The van der Waals surface area contributed by atoms with Crippen molar-refractivity contribution in [3.05, 3.63) is 0 Å². The van der Waals surface area contributed by atoms with Gasteiger partial charge >= 0.3 is 0 Å². The highest BCUT2D eigenvalue weighted by atomic mass is 15.2. The molecule has 104 valence electrons. The Labute approximate surface area is 113 Å². The lowest BCUT2D eigenvalue weighted by molar-refractivity contribution is 0.214. The number of nitrogens with one attached hydrogen (secondary N) is 1. The molecule has 2 nitrogen and oxygen atoms in total. The zero-order chi connectivity index (χ0) is 12.5. The van der Waals surface area contributed by atoms with Crippen molar-refractivity contribution >= 4 is 0 Å². The van der Waals surface area contributed by atoms with Gasteiger partial charge in [-0.2, -0.15) is 0 Å². The minimum Gasteiger partial charge on any atom is -0.314 e. The summed E-state index contributed by atoms with van der Waals surface area (Å²) in [6.07, 6.45) is 7.62. The molecule has 1 heterocycles. The minimum atomic E-state index is 0.643. The molecular formula is C16H30N2. The molecule has 3 fully saturated rings. The van der Waals surface area contributed by atoms with Crippen molar-refractivity contribution in [1.82, 2.24) is 10.2 Å². The molecule has 18 heavy (non-hydrogen) atoms. The van der Waals surface area contributed by atoms with E-state index in [2.05, 4.69) is 24.1 Å². The molecule has 2 aliphatic carbocycles. The smallest absolute Gasteiger partial charge is 0.00224 e. The van der Waals surface area contributed by atoms with Gasteiger partial charge in [0.25, 0.3) is 0 Å². The maximum atomic E-state index is 3.60. The molecule has 4 atom stereocenters. The second-order valence-electron chi connectivity index (χ2n) is 7.41. The van der Waals surface area contributed by atoms with Gasteiger partial charge in [-0.1, -0.05) is 20.3 Å². The standard InChI is InChI=1S/C16H30N2/c1-12(2)17-9-14-5-6-18(10-14)11-16-8-13-3-4-15(16)7-13/h12-17H,3-11H2,1-2H3. The van der Waals surface area contributed by atoms with E-state index in [9.17, 15) is 0 Å². The van der Waals surface area contributed by atoms with Crippen molar-refractivity contribution in [2.75, 3.05) is 26.2 Å². The molecular weight excluding hydrogens is 220 g/mol. The highest BCUT2D eigenvalue weighted by Gasteiger charge is 2.40. The highest BCUT2D eigenvalue weighted by molar-refractivity contribution is 4.92. The summed E-state index contributed by atoms with van der Waals surface area (Å²) in [6, 6.07) is 0.643. The molecule has 2 bridgehead atoms. The van der Waals surface area contributed by atoms with E-state index in [1.165, 1.54) is 32.6 Å². The maximum absolute atomic E-state index is 3.60. The van der Waals surface area contributed by atoms with Crippen LogP contribution >= 0.6 is 0 Å². The van der Waals surface area contributed by atoms with E-state index in [1.54, 1.807) is 25.7 Å². The lowest BCUT2D eigenvalue weighted by Crippen LogP contribution is -2.33. The van der Waals surface area contributed by atoms with Gasteiger partial charge in [-0.25, -0.2) is 0 Å². The average Bonchev–Trinajstić information content (AvgIpc) is 3.02. The highest BCUT2D eigenvalue weighted by Crippen LogP contribution is 2.48. The van der Waals surface area contributed by atoms with Gasteiger partial charge in [0, 0.05) is 19.1 Å². The Kier molecular flexibility index (Phi) is 3.95. The molecule has 3 rings (SSSR count). The van der Waals surface area contributed by atoms with E-state index in [0.29, 0.717) is 6.04 Å². The molecule has 1 saturated heterocycles. The number of nitrogens with zero attached hydrogens (tertiary/aromatic N) is 1. The first-order valence-corrected chi connectivity index (χ1v) is 8.16. The van der Waals surface area contributed by atoms with Crippen LogP contribution in [0.3, 0.4) is 0 Å². The van der Waals surface area contributed by atoms with Gasteiger partial charge in [0.15, 0.2) is 0 Å². The van der Waals surface area contributed by atoms with Gasteiger partial charge in [-0.3, -0.25) is 0 Å². The third-order valence-electron chi connectivity index (χ3n) is 5.56. The summed E-state index contributed by atoms with van der Waals surface area (Å²) in [4.78, 5) is 2.76. The quantitative estimate of drug-likeness (QED) is 0.807. The molecule has 2 saturated carbocycles. The largest absolute Gasteiger partial charge is 0.314 e. The lowest BCUT2D eigenvalue weighted by atomic mass is 9.88. The summed E-state index contributed by atoms with van der Waals surface area (Å²) in [7, 11) is 0. The normalized spacial score (nSPS) is 40.2. The van der Waals surface area contributed by atoms with Crippen LogP contribution in [0.4, 0.5) is 0 Å². The van der Waals surface area contributed by atoms with Crippen LogP contribution in [0.25, 0.3) is 0 Å². The van der Waals surface area contributed by atoms with Crippen LogP contribution in [-0.2, 0) is 0 Å². The van der Waals surface area contributed by atoms with Crippen LogP contribution in [0.1, 0.15) is 46.0 Å². The van der Waals surface area contributed by atoms with Gasteiger partial charge in [0.05, 0.1) is 0 Å². The van der Waals surface area contributed by atoms with Crippen LogP contribution in [0.2, 0.25) is 0 Å². The number of hydrogen-bond acceptors (Lipinski definition) is 2. The summed E-state index contributed by atoms with van der Waals surface area (Å²) in [6.45, 7) is 9.86. The van der Waals surface area contributed by atoms with E-state index in [1.807, 2.05) is 0 Å². The van der Waals surface area contributed by atoms with Crippen molar-refractivity contribution in [1.29, 1.82) is 0 Å². The van der Waals surface area contributed by atoms with Crippen LogP contribution in [-0.4, -0.2) is 37.1 Å². The topological polar surface area (TPSA) is 15.3 Å². The Morgan fingerprint density at radius 3 is 2.72 bits per heavy atom. The number of hydrogen-bond donors (Lipinski definition) is 1. The first-order chi connectivity index (χ1) is 8.70. The maximum Gasteiger partial charge on any atom is 0.00224 e. The van der Waals surface area contributed by atoms with Crippen LogP contribution in [0, 0.1) is 23.7 Å².